The number of nitrogens with one attached hydrogen (secondary N) is 1. The minimum absolute atomic E-state index is 0.197. The van der Waals surface area contributed by atoms with Crippen LogP contribution >= 0.6 is 0 Å². The first-order valence-corrected chi connectivity index (χ1v) is 7.10. The van der Waals surface area contributed by atoms with E-state index in [1.54, 1.807) is 0 Å². The van der Waals surface area contributed by atoms with Crippen LogP contribution in [0.1, 0.15) is 32.0 Å². The molecular weight excluding hydrogens is 250 g/mol. The molecule has 0 saturated carbocycles. The molecule has 20 heavy (non-hydrogen) atoms. The van der Waals surface area contributed by atoms with Crippen LogP contribution in [0.25, 0.3) is 0 Å². The number of aromatic nitrogens is 2. The molecule has 2 aromatic rings. The van der Waals surface area contributed by atoms with Crippen molar-refractivity contribution in [3.05, 3.63) is 41.7 Å². The predicted molar refractivity (Wildman–Crippen MR) is 82.1 cm³/mol. The molecule has 0 aliphatic rings. The second-order valence-corrected chi connectivity index (χ2v) is 5.18. The molecule has 0 aliphatic heterocycles. The van der Waals surface area contributed by atoms with Crippen LogP contribution in [0, 0.1) is 0 Å². The molecule has 0 saturated heterocycles. The van der Waals surface area contributed by atoms with E-state index in [9.17, 15) is 0 Å². The number of ether oxygens (including phenoxy) is 1. The van der Waals surface area contributed by atoms with Crippen molar-refractivity contribution < 1.29 is 4.74 Å². The second kappa shape index (κ2) is 6.46. The molecule has 1 N–H and O–H groups in total. The fourth-order valence-corrected chi connectivity index (χ4v) is 2.14. The summed E-state index contributed by atoms with van der Waals surface area (Å²) < 4.78 is 7.56. The van der Waals surface area contributed by atoms with Crippen LogP contribution in [0.15, 0.2) is 30.5 Å². The Labute approximate surface area is 120 Å². The van der Waals surface area contributed by atoms with Crippen molar-refractivity contribution in [2.75, 3.05) is 5.32 Å². The Morgan fingerprint density at radius 2 is 2.15 bits per heavy atom. The number of aryl methyl sites for hydroxylation is 2. The van der Waals surface area contributed by atoms with Crippen LogP contribution in [0.5, 0.6) is 5.75 Å². The molecule has 0 bridgehead atoms. The lowest BCUT2D eigenvalue weighted by molar-refractivity contribution is 0.242. The SMILES string of the molecule is CCc1nn(C)cc1NCc1cccc(OC(C)C)c1. The lowest BCUT2D eigenvalue weighted by atomic mass is 10.2. The van der Waals surface area contributed by atoms with Gasteiger partial charge >= 0.3 is 0 Å². The predicted octanol–water partition coefficient (Wildman–Crippen LogP) is 3.38. The number of rotatable bonds is 6. The number of benzene rings is 1. The summed E-state index contributed by atoms with van der Waals surface area (Å²) in [6.07, 6.45) is 3.15. The van der Waals surface area contributed by atoms with Crippen molar-refractivity contribution in [2.45, 2.75) is 39.8 Å². The van der Waals surface area contributed by atoms with Gasteiger partial charge in [0, 0.05) is 19.8 Å². The molecule has 4 heteroatoms. The molecule has 4 nitrogen and oxygen atoms in total. The smallest absolute Gasteiger partial charge is 0.120 e. The van der Waals surface area contributed by atoms with Gasteiger partial charge in [-0.25, -0.2) is 0 Å². The second-order valence-electron chi connectivity index (χ2n) is 5.18. The summed E-state index contributed by atoms with van der Waals surface area (Å²) in [5.41, 5.74) is 3.40. The van der Waals surface area contributed by atoms with E-state index < -0.39 is 0 Å². The number of anilines is 1. The zero-order chi connectivity index (χ0) is 14.5. The highest BCUT2D eigenvalue weighted by molar-refractivity contribution is 5.47. The number of hydrogen-bond donors (Lipinski definition) is 1. The van der Waals surface area contributed by atoms with Crippen molar-refractivity contribution in [2.24, 2.45) is 7.05 Å². The summed E-state index contributed by atoms with van der Waals surface area (Å²) in [4.78, 5) is 0. The summed E-state index contributed by atoms with van der Waals surface area (Å²) in [6.45, 7) is 6.96. The van der Waals surface area contributed by atoms with Crippen molar-refractivity contribution in [3.63, 3.8) is 0 Å². The monoisotopic (exact) mass is 273 g/mol. The van der Waals surface area contributed by atoms with Gasteiger partial charge in [0.25, 0.3) is 0 Å². The van der Waals surface area contributed by atoms with Crippen LogP contribution in [-0.4, -0.2) is 15.9 Å². The normalized spacial score (nSPS) is 10.8. The third-order valence-corrected chi connectivity index (χ3v) is 2.99. The Bertz CT molecular complexity index is 561. The van der Waals surface area contributed by atoms with Gasteiger partial charge < -0.3 is 10.1 Å². The van der Waals surface area contributed by atoms with Gasteiger partial charge in [-0.3, -0.25) is 4.68 Å². The van der Waals surface area contributed by atoms with Crippen molar-refractivity contribution >= 4 is 5.69 Å². The van der Waals surface area contributed by atoms with E-state index in [0.717, 1.165) is 30.1 Å². The maximum absolute atomic E-state index is 5.71. The van der Waals surface area contributed by atoms with Gasteiger partial charge in [-0.05, 0) is 38.0 Å². The van der Waals surface area contributed by atoms with Gasteiger partial charge in [0.05, 0.1) is 17.5 Å². The summed E-state index contributed by atoms with van der Waals surface area (Å²) >= 11 is 0. The van der Waals surface area contributed by atoms with Crippen LogP contribution in [0.4, 0.5) is 5.69 Å². The molecule has 0 fully saturated rings. The van der Waals surface area contributed by atoms with E-state index >= 15 is 0 Å². The number of hydrogen-bond acceptors (Lipinski definition) is 3. The molecule has 1 aromatic heterocycles. The molecule has 0 amide bonds. The highest BCUT2D eigenvalue weighted by Gasteiger charge is 2.05. The first kappa shape index (κ1) is 14.4. The summed E-state index contributed by atoms with van der Waals surface area (Å²) in [7, 11) is 1.95. The van der Waals surface area contributed by atoms with Crippen LogP contribution in [0.3, 0.4) is 0 Å². The zero-order valence-corrected chi connectivity index (χ0v) is 12.7. The maximum atomic E-state index is 5.71. The van der Waals surface area contributed by atoms with Crippen LogP contribution in [0.2, 0.25) is 0 Å². The van der Waals surface area contributed by atoms with Gasteiger partial charge in [0.15, 0.2) is 0 Å². The lowest BCUT2D eigenvalue weighted by Gasteiger charge is -2.11. The maximum Gasteiger partial charge on any atom is 0.120 e. The van der Waals surface area contributed by atoms with Crippen LogP contribution in [-0.2, 0) is 20.0 Å². The van der Waals surface area contributed by atoms with Crippen LogP contribution < -0.4 is 10.1 Å². The molecule has 1 heterocycles. The minimum Gasteiger partial charge on any atom is -0.491 e. The Morgan fingerprint density at radius 1 is 1.35 bits per heavy atom. The molecule has 1 aromatic carbocycles. The zero-order valence-electron chi connectivity index (χ0n) is 12.7. The van der Waals surface area contributed by atoms with Gasteiger partial charge in [-0.1, -0.05) is 19.1 Å². The number of nitrogens with zero attached hydrogens (tertiary/aromatic N) is 2. The Balaban J connectivity index is 2.03. The highest BCUT2D eigenvalue weighted by atomic mass is 16.5. The summed E-state index contributed by atoms with van der Waals surface area (Å²) in [5.74, 6) is 0.918. The topological polar surface area (TPSA) is 39.1 Å². The first-order chi connectivity index (χ1) is 9.58. The van der Waals surface area contributed by atoms with Gasteiger partial charge in [-0.2, -0.15) is 5.10 Å². The quantitative estimate of drug-likeness (QED) is 0.877. The largest absolute Gasteiger partial charge is 0.491 e. The molecule has 0 aliphatic carbocycles. The van der Waals surface area contributed by atoms with E-state index in [1.807, 2.05) is 43.9 Å². The van der Waals surface area contributed by atoms with E-state index in [-0.39, 0.29) is 6.10 Å². The highest BCUT2D eigenvalue weighted by Crippen LogP contribution is 2.18. The summed E-state index contributed by atoms with van der Waals surface area (Å²) in [5, 5.41) is 7.87. The van der Waals surface area contributed by atoms with Gasteiger partial charge in [0.2, 0.25) is 0 Å². The van der Waals surface area contributed by atoms with Crippen molar-refractivity contribution in [1.82, 2.24) is 9.78 Å². The lowest BCUT2D eigenvalue weighted by Crippen LogP contribution is -2.06. The molecule has 0 spiro atoms. The fourth-order valence-electron chi connectivity index (χ4n) is 2.14. The Kier molecular flexibility index (Phi) is 4.66. The average molecular weight is 273 g/mol. The van der Waals surface area contributed by atoms with Gasteiger partial charge in [0.1, 0.15) is 5.75 Å². The van der Waals surface area contributed by atoms with E-state index in [0.29, 0.717) is 0 Å². The molecule has 0 atom stereocenters. The molecule has 108 valence electrons. The van der Waals surface area contributed by atoms with Crippen molar-refractivity contribution in [1.29, 1.82) is 0 Å². The molecule has 0 radical (unpaired) electrons. The van der Waals surface area contributed by atoms with Gasteiger partial charge in [-0.15, -0.1) is 0 Å². The van der Waals surface area contributed by atoms with E-state index in [2.05, 4.69) is 29.5 Å². The average Bonchev–Trinajstić information content (AvgIpc) is 2.76. The third-order valence-electron chi connectivity index (χ3n) is 2.99. The first-order valence-electron chi connectivity index (χ1n) is 7.10. The Morgan fingerprint density at radius 3 is 2.85 bits per heavy atom. The third kappa shape index (κ3) is 3.76. The summed E-state index contributed by atoms with van der Waals surface area (Å²) in [6, 6.07) is 8.20. The van der Waals surface area contributed by atoms with E-state index in [4.69, 9.17) is 4.74 Å². The standard InChI is InChI=1S/C16H23N3O/c1-5-15-16(11-19(4)18-15)17-10-13-7-6-8-14(9-13)20-12(2)3/h6-9,11-12,17H,5,10H2,1-4H3. The minimum atomic E-state index is 0.197. The Hall–Kier alpha value is -1.97. The fraction of sp³-hybridized carbons (Fsp3) is 0.438. The van der Waals surface area contributed by atoms with Crippen molar-refractivity contribution in [3.8, 4) is 5.75 Å². The van der Waals surface area contributed by atoms with E-state index in [1.165, 1.54) is 5.56 Å². The molecule has 0 unspecified atom stereocenters. The molecule has 2 rings (SSSR count). The molecular formula is C16H23N3O.